The molecule has 47 heavy (non-hydrogen) atoms. The van der Waals surface area contributed by atoms with Gasteiger partial charge in [-0.15, -0.1) is 29.3 Å². The molecule has 1 N–H and O–H groups in total. The molecule has 0 aliphatic carbocycles. The predicted octanol–water partition coefficient (Wildman–Crippen LogP) is 12.8. The monoisotopic (exact) mass is 648 g/mol. The molecule has 0 saturated heterocycles. The maximum atomic E-state index is 5.50. The molecule has 0 aliphatic heterocycles. The second-order valence-corrected chi connectivity index (χ2v) is 13.3. The van der Waals surface area contributed by atoms with Gasteiger partial charge in [-0.25, -0.2) is 0 Å². The van der Waals surface area contributed by atoms with Crippen molar-refractivity contribution in [3.63, 3.8) is 0 Å². The summed E-state index contributed by atoms with van der Waals surface area (Å²) in [4.78, 5) is 2.18. The summed E-state index contributed by atoms with van der Waals surface area (Å²) in [7, 11) is 4.20. The first-order chi connectivity index (χ1) is 23.0. The Labute approximate surface area is 286 Å². The van der Waals surface area contributed by atoms with Gasteiger partial charge in [0.1, 0.15) is 0 Å². The highest BCUT2D eigenvalue weighted by Gasteiger charge is 2.13. The summed E-state index contributed by atoms with van der Waals surface area (Å²) in [5.74, 6) is 0. The zero-order valence-corrected chi connectivity index (χ0v) is 28.9. The van der Waals surface area contributed by atoms with Crippen molar-refractivity contribution >= 4 is 75.4 Å². The van der Waals surface area contributed by atoms with E-state index in [9.17, 15) is 0 Å². The van der Waals surface area contributed by atoms with Crippen LogP contribution in [0.1, 0.15) is 11.1 Å². The first-order valence-electron chi connectivity index (χ1n) is 15.6. The average Bonchev–Trinajstić information content (AvgIpc) is 3.70. The Bertz CT molecular complexity index is 2220. The first kappa shape index (κ1) is 33.3. The van der Waals surface area contributed by atoms with Crippen molar-refractivity contribution in [1.82, 2.24) is 0 Å². The van der Waals surface area contributed by atoms with Crippen LogP contribution in [0.4, 0.5) is 5.69 Å². The van der Waals surface area contributed by atoms with E-state index < -0.39 is 0 Å². The van der Waals surface area contributed by atoms with Crippen LogP contribution in [0.3, 0.4) is 0 Å². The normalized spacial score (nSPS) is 10.4. The molecule has 234 valence electrons. The predicted molar refractivity (Wildman–Crippen MR) is 213 cm³/mol. The smallest absolute Gasteiger partial charge is 0.0441 e. The second kappa shape index (κ2) is 16.0. The molecule has 0 amide bonds. The Balaban J connectivity index is 0.000000148. The number of rotatable bonds is 4. The van der Waals surface area contributed by atoms with Gasteiger partial charge in [-0.05, 0) is 49.4 Å². The van der Waals surface area contributed by atoms with Crippen molar-refractivity contribution in [2.75, 3.05) is 19.0 Å². The Morgan fingerprint density at radius 1 is 0.553 bits per heavy atom. The number of hydrogen-bond acceptors (Lipinski definition) is 4. The van der Waals surface area contributed by atoms with Gasteiger partial charge in [-0.3, -0.25) is 0 Å². The second-order valence-electron chi connectivity index (χ2n) is 11.2. The molecule has 2 aromatic heterocycles. The minimum absolute atomic E-state index is 0.973. The molecule has 6 aromatic carbocycles. The van der Waals surface area contributed by atoms with Crippen LogP contribution in [0.2, 0.25) is 0 Å². The largest absolute Gasteiger partial charge is 0.377 e. The van der Waals surface area contributed by atoms with E-state index in [0.717, 1.165) is 6.42 Å². The van der Waals surface area contributed by atoms with Crippen molar-refractivity contribution in [1.29, 1.82) is 5.41 Å². The third-order valence-corrected chi connectivity index (χ3v) is 10.4. The van der Waals surface area contributed by atoms with Crippen LogP contribution >= 0.6 is 22.7 Å². The number of hydrogen-bond donors (Lipinski definition) is 1. The summed E-state index contributed by atoms with van der Waals surface area (Å²) < 4.78 is 5.54. The molecular formula is C43H40N2S2. The number of nitrogens with one attached hydrogen (secondary N) is 1. The molecule has 4 heteroatoms. The molecule has 0 radical (unpaired) electrons. The van der Waals surface area contributed by atoms with Gasteiger partial charge in [0.15, 0.2) is 0 Å². The molecule has 2 nitrogen and oxygen atoms in total. The van der Waals surface area contributed by atoms with E-state index in [4.69, 9.17) is 5.41 Å². The standard InChI is InChI=1S/C20H17NS.C13H10S.C9H10.CH3N/c1-21(2)18-12-5-3-8-14(18)16-10-7-11-17-15-9-4-6-13-19(15)22-20(16)17;1-9-5-4-7-11-10-6-2-3-8-12(10)14-13(9)11;1-2-6-9-7-4-3-5-8-9;1-2/h3-13H,1-2H3;2-8H,1H3;2-5,7-8H,1,6H2;2H,1H2. The van der Waals surface area contributed by atoms with Gasteiger partial charge in [0.05, 0.1) is 0 Å². The summed E-state index contributed by atoms with van der Waals surface area (Å²) in [5.41, 5.74) is 6.58. The molecular weight excluding hydrogens is 609 g/mol. The lowest BCUT2D eigenvalue weighted by molar-refractivity contribution is 1.13. The van der Waals surface area contributed by atoms with E-state index in [-0.39, 0.29) is 0 Å². The lowest BCUT2D eigenvalue weighted by Gasteiger charge is -2.17. The van der Waals surface area contributed by atoms with Crippen molar-refractivity contribution in [3.8, 4) is 11.1 Å². The lowest BCUT2D eigenvalue weighted by Crippen LogP contribution is -2.09. The Morgan fingerprint density at radius 3 is 1.68 bits per heavy atom. The third-order valence-electron chi connectivity index (χ3n) is 7.90. The molecule has 8 aromatic rings. The number of allylic oxidation sites excluding steroid dienone is 1. The fourth-order valence-corrected chi connectivity index (χ4v) is 8.12. The Kier molecular flexibility index (Phi) is 11.3. The molecule has 0 spiro atoms. The molecule has 0 fully saturated rings. The summed E-state index contributed by atoms with van der Waals surface area (Å²) in [6.07, 6.45) is 2.89. The lowest BCUT2D eigenvalue weighted by atomic mass is 10.0. The zero-order valence-electron chi connectivity index (χ0n) is 27.2. The highest BCUT2D eigenvalue weighted by atomic mass is 32.1. The average molecular weight is 649 g/mol. The number of thiophene rings is 2. The molecule has 0 bridgehead atoms. The fraction of sp³-hybridized carbons (Fsp3) is 0.0930. The SMILES string of the molecule is C=CCc1ccccc1.C=N.CN(C)c1ccccc1-c1cccc2c1sc1ccccc12.Cc1cccc2c1sc1ccccc12. The van der Waals surface area contributed by atoms with Gasteiger partial charge in [0, 0.05) is 71.3 Å². The van der Waals surface area contributed by atoms with Crippen LogP contribution in [-0.4, -0.2) is 20.8 Å². The van der Waals surface area contributed by atoms with Crippen molar-refractivity contribution in [2.24, 2.45) is 0 Å². The van der Waals surface area contributed by atoms with Gasteiger partial charge in [0.2, 0.25) is 0 Å². The number of anilines is 1. The maximum Gasteiger partial charge on any atom is 0.0441 e. The van der Waals surface area contributed by atoms with Crippen LogP contribution in [0, 0.1) is 12.3 Å². The van der Waals surface area contributed by atoms with Gasteiger partial charge >= 0.3 is 0 Å². The molecule has 2 heterocycles. The van der Waals surface area contributed by atoms with Crippen LogP contribution in [0.25, 0.3) is 51.5 Å². The van der Waals surface area contributed by atoms with Gasteiger partial charge in [-0.2, -0.15) is 0 Å². The van der Waals surface area contributed by atoms with E-state index >= 15 is 0 Å². The molecule has 0 saturated carbocycles. The zero-order chi connectivity index (χ0) is 33.2. The Morgan fingerprint density at radius 2 is 1.04 bits per heavy atom. The van der Waals surface area contributed by atoms with E-state index in [2.05, 4.69) is 161 Å². The number of nitrogens with zero attached hydrogens (tertiary/aromatic N) is 1. The van der Waals surface area contributed by atoms with Gasteiger partial charge in [0.25, 0.3) is 0 Å². The summed E-state index contributed by atoms with van der Waals surface area (Å²) in [6, 6.07) is 49.4. The van der Waals surface area contributed by atoms with Crippen LogP contribution in [-0.2, 0) is 6.42 Å². The minimum atomic E-state index is 0.973. The van der Waals surface area contributed by atoms with Crippen LogP contribution < -0.4 is 4.90 Å². The number of aryl methyl sites for hydroxylation is 1. The molecule has 0 unspecified atom stereocenters. The topological polar surface area (TPSA) is 27.1 Å². The molecule has 0 aliphatic rings. The summed E-state index contributed by atoms with van der Waals surface area (Å²) >= 11 is 3.77. The van der Waals surface area contributed by atoms with Crippen LogP contribution in [0.15, 0.2) is 152 Å². The van der Waals surface area contributed by atoms with Crippen LogP contribution in [0.5, 0.6) is 0 Å². The Hall–Kier alpha value is -5.03. The van der Waals surface area contributed by atoms with Gasteiger partial charge in [-0.1, -0.05) is 127 Å². The van der Waals surface area contributed by atoms with Crippen molar-refractivity contribution in [3.05, 3.63) is 163 Å². The van der Waals surface area contributed by atoms with Crippen molar-refractivity contribution < 1.29 is 0 Å². The number of benzene rings is 6. The summed E-state index contributed by atoms with van der Waals surface area (Å²) in [5, 5.41) is 11.0. The highest BCUT2D eigenvalue weighted by molar-refractivity contribution is 7.26. The van der Waals surface area contributed by atoms with E-state index in [1.165, 1.54) is 68.3 Å². The summed E-state index contributed by atoms with van der Waals surface area (Å²) in [6.45, 7) is 8.33. The molecule has 8 rings (SSSR count). The number of fused-ring (bicyclic) bond motifs is 6. The number of para-hydroxylation sites is 1. The van der Waals surface area contributed by atoms with Gasteiger partial charge < -0.3 is 10.3 Å². The minimum Gasteiger partial charge on any atom is -0.377 e. The van der Waals surface area contributed by atoms with E-state index in [0.29, 0.717) is 0 Å². The third kappa shape index (κ3) is 7.52. The first-order valence-corrected chi connectivity index (χ1v) is 17.2. The quantitative estimate of drug-likeness (QED) is 0.149. The highest BCUT2D eigenvalue weighted by Crippen LogP contribution is 2.42. The van der Waals surface area contributed by atoms with E-state index in [1.54, 1.807) is 0 Å². The van der Waals surface area contributed by atoms with Crippen molar-refractivity contribution in [2.45, 2.75) is 13.3 Å². The van der Waals surface area contributed by atoms with E-state index in [1.807, 2.05) is 46.9 Å². The maximum absolute atomic E-state index is 5.50. The molecule has 0 atom stereocenters. The fourth-order valence-electron chi connectivity index (χ4n) is 5.72.